The van der Waals surface area contributed by atoms with Gasteiger partial charge in [-0.3, -0.25) is 4.79 Å². The van der Waals surface area contributed by atoms with Crippen LogP contribution in [0, 0.1) is 0 Å². The third-order valence-corrected chi connectivity index (χ3v) is 5.44. The number of benzene rings is 1. The maximum Gasteiger partial charge on any atom is 0.250 e. The van der Waals surface area contributed by atoms with Gasteiger partial charge in [0.2, 0.25) is 15.9 Å². The molecule has 3 rings (SSSR count). The highest BCUT2D eigenvalue weighted by Crippen LogP contribution is 2.18. The van der Waals surface area contributed by atoms with Crippen LogP contribution >= 0.6 is 0 Å². The molecule has 0 amide bonds. The molecule has 0 aliphatic heterocycles. The summed E-state index contributed by atoms with van der Waals surface area (Å²) in [6.45, 7) is 0.117. The maximum atomic E-state index is 12.2. The molecule has 7 nitrogen and oxygen atoms in total. The Labute approximate surface area is 145 Å². The van der Waals surface area contributed by atoms with E-state index in [1.807, 2.05) is 30.3 Å². The number of pyridine rings is 1. The predicted molar refractivity (Wildman–Crippen MR) is 92.6 cm³/mol. The molecule has 2 aromatic heterocycles. The number of rotatable bonds is 5. The fourth-order valence-electron chi connectivity index (χ4n) is 2.26. The van der Waals surface area contributed by atoms with E-state index in [9.17, 15) is 13.2 Å². The molecule has 0 aliphatic carbocycles. The van der Waals surface area contributed by atoms with Crippen molar-refractivity contribution in [2.24, 2.45) is 0 Å². The predicted octanol–water partition coefficient (Wildman–Crippen LogP) is 1.80. The molecule has 8 heteroatoms. The van der Waals surface area contributed by atoms with E-state index in [4.69, 9.17) is 4.42 Å². The van der Waals surface area contributed by atoms with Crippen molar-refractivity contribution in [3.05, 3.63) is 71.0 Å². The van der Waals surface area contributed by atoms with Gasteiger partial charge in [0.1, 0.15) is 6.26 Å². The van der Waals surface area contributed by atoms with Crippen molar-refractivity contribution >= 4 is 10.0 Å². The summed E-state index contributed by atoms with van der Waals surface area (Å²) in [6, 6.07) is 11.9. The van der Waals surface area contributed by atoms with Gasteiger partial charge in [-0.2, -0.15) is 0 Å². The van der Waals surface area contributed by atoms with Gasteiger partial charge in [-0.05, 0) is 18.2 Å². The van der Waals surface area contributed by atoms with Gasteiger partial charge in [-0.1, -0.05) is 18.2 Å². The zero-order chi connectivity index (χ0) is 18.0. The Balaban J connectivity index is 1.91. The van der Waals surface area contributed by atoms with Crippen LogP contribution in [0.4, 0.5) is 0 Å². The minimum absolute atomic E-state index is 0.0453. The van der Waals surface area contributed by atoms with Crippen LogP contribution in [0.3, 0.4) is 0 Å². The summed E-state index contributed by atoms with van der Waals surface area (Å²) < 4.78 is 32.3. The number of oxazole rings is 1. The lowest BCUT2D eigenvalue weighted by Gasteiger charge is -2.12. The van der Waals surface area contributed by atoms with Crippen LogP contribution in [0.2, 0.25) is 0 Å². The van der Waals surface area contributed by atoms with Crippen molar-refractivity contribution in [1.29, 1.82) is 0 Å². The second kappa shape index (κ2) is 6.66. The van der Waals surface area contributed by atoms with E-state index in [2.05, 4.69) is 4.98 Å². The van der Waals surface area contributed by atoms with Gasteiger partial charge in [0.15, 0.2) is 0 Å². The summed E-state index contributed by atoms with van der Waals surface area (Å²) in [5.41, 5.74) is 1.03. The van der Waals surface area contributed by atoms with Crippen LogP contribution in [0.15, 0.2) is 69.0 Å². The Bertz CT molecular complexity index is 1040. The van der Waals surface area contributed by atoms with Crippen molar-refractivity contribution < 1.29 is 12.8 Å². The summed E-state index contributed by atoms with van der Waals surface area (Å²) >= 11 is 0. The molecule has 1 aromatic carbocycles. The fraction of sp³-hybridized carbons (Fsp3) is 0.176. The van der Waals surface area contributed by atoms with Gasteiger partial charge in [0, 0.05) is 31.9 Å². The molecular formula is C17H17N3O4S. The van der Waals surface area contributed by atoms with Crippen LogP contribution in [-0.2, 0) is 16.6 Å². The Morgan fingerprint density at radius 2 is 1.84 bits per heavy atom. The molecule has 0 radical (unpaired) electrons. The average Bonchev–Trinajstić information content (AvgIpc) is 3.06. The highest BCUT2D eigenvalue weighted by molar-refractivity contribution is 7.89. The summed E-state index contributed by atoms with van der Waals surface area (Å²) in [5.74, 6) is 0.445. The molecule has 3 aromatic rings. The molecule has 0 saturated carbocycles. The quantitative estimate of drug-likeness (QED) is 0.693. The van der Waals surface area contributed by atoms with Gasteiger partial charge in [-0.25, -0.2) is 17.7 Å². The fourth-order valence-corrected chi connectivity index (χ4v) is 3.19. The van der Waals surface area contributed by atoms with Crippen LogP contribution in [0.5, 0.6) is 0 Å². The molecule has 2 heterocycles. The molecule has 0 N–H and O–H groups in total. The number of hydrogen-bond donors (Lipinski definition) is 0. The van der Waals surface area contributed by atoms with Crippen molar-refractivity contribution in [2.45, 2.75) is 11.4 Å². The molecular weight excluding hydrogens is 342 g/mol. The average molecular weight is 359 g/mol. The standard InChI is InChI=1S/C17H17N3O4S/c1-19(2)25(22,23)15-8-9-16(21)20(11-15)10-14-12-24-17(18-14)13-6-4-3-5-7-13/h3-9,11-12H,10H2,1-2H3. The van der Waals surface area contributed by atoms with Crippen LogP contribution < -0.4 is 5.56 Å². The number of sulfonamides is 1. The number of nitrogens with zero attached hydrogens (tertiary/aromatic N) is 3. The monoisotopic (exact) mass is 359 g/mol. The van der Waals surface area contributed by atoms with E-state index >= 15 is 0 Å². The van der Waals surface area contributed by atoms with Crippen LogP contribution in [-0.4, -0.2) is 36.4 Å². The molecule has 25 heavy (non-hydrogen) atoms. The zero-order valence-corrected chi connectivity index (χ0v) is 14.6. The minimum atomic E-state index is -3.62. The van der Waals surface area contributed by atoms with E-state index in [0.29, 0.717) is 11.6 Å². The molecule has 0 fully saturated rings. The molecule has 0 unspecified atom stereocenters. The second-order valence-corrected chi connectivity index (χ2v) is 7.78. The van der Waals surface area contributed by atoms with E-state index in [-0.39, 0.29) is 17.0 Å². The summed E-state index contributed by atoms with van der Waals surface area (Å²) in [7, 11) is -0.738. The van der Waals surface area contributed by atoms with Crippen molar-refractivity contribution in [3.8, 4) is 11.5 Å². The smallest absolute Gasteiger partial charge is 0.250 e. The summed E-state index contributed by atoms with van der Waals surface area (Å²) in [5, 5.41) is 0. The lowest BCUT2D eigenvalue weighted by Crippen LogP contribution is -2.26. The summed E-state index contributed by atoms with van der Waals surface area (Å²) in [4.78, 5) is 16.4. The topological polar surface area (TPSA) is 85.4 Å². The molecule has 0 bridgehead atoms. The first-order valence-corrected chi connectivity index (χ1v) is 8.95. The Morgan fingerprint density at radius 3 is 2.52 bits per heavy atom. The molecule has 0 spiro atoms. The first kappa shape index (κ1) is 17.1. The van der Waals surface area contributed by atoms with Crippen molar-refractivity contribution in [1.82, 2.24) is 13.9 Å². The summed E-state index contributed by atoms with van der Waals surface area (Å²) in [6.07, 6.45) is 2.77. The Hall–Kier alpha value is -2.71. The minimum Gasteiger partial charge on any atom is -0.444 e. The molecule has 0 aliphatic rings. The Kier molecular flexibility index (Phi) is 4.56. The van der Waals surface area contributed by atoms with Gasteiger partial charge in [0.05, 0.1) is 17.1 Å². The van der Waals surface area contributed by atoms with Crippen LogP contribution in [0.25, 0.3) is 11.5 Å². The van der Waals surface area contributed by atoms with Gasteiger partial charge in [0.25, 0.3) is 5.56 Å². The van der Waals surface area contributed by atoms with E-state index in [1.54, 1.807) is 0 Å². The van der Waals surface area contributed by atoms with Crippen molar-refractivity contribution in [2.75, 3.05) is 14.1 Å². The maximum absolute atomic E-state index is 12.2. The van der Waals surface area contributed by atoms with Gasteiger partial charge < -0.3 is 8.98 Å². The molecule has 0 saturated heterocycles. The zero-order valence-electron chi connectivity index (χ0n) is 13.8. The first-order chi connectivity index (χ1) is 11.9. The largest absolute Gasteiger partial charge is 0.444 e. The lowest BCUT2D eigenvalue weighted by atomic mass is 10.2. The second-order valence-electron chi connectivity index (χ2n) is 5.63. The van der Waals surface area contributed by atoms with E-state index < -0.39 is 10.0 Å². The SMILES string of the molecule is CN(C)S(=O)(=O)c1ccc(=O)n(Cc2coc(-c3ccccc3)n2)c1. The third kappa shape index (κ3) is 3.54. The van der Waals surface area contributed by atoms with E-state index in [0.717, 1.165) is 9.87 Å². The van der Waals surface area contributed by atoms with Crippen LogP contribution in [0.1, 0.15) is 5.69 Å². The lowest BCUT2D eigenvalue weighted by molar-refractivity contribution is 0.519. The van der Waals surface area contributed by atoms with E-state index in [1.165, 1.54) is 43.3 Å². The van der Waals surface area contributed by atoms with Gasteiger partial charge >= 0.3 is 0 Å². The molecule has 0 atom stereocenters. The highest BCUT2D eigenvalue weighted by Gasteiger charge is 2.18. The van der Waals surface area contributed by atoms with Crippen molar-refractivity contribution in [3.63, 3.8) is 0 Å². The number of aromatic nitrogens is 2. The molecule has 130 valence electrons. The number of hydrogen-bond acceptors (Lipinski definition) is 5. The Morgan fingerprint density at radius 1 is 1.12 bits per heavy atom. The highest BCUT2D eigenvalue weighted by atomic mass is 32.2. The third-order valence-electron chi connectivity index (χ3n) is 3.64. The first-order valence-electron chi connectivity index (χ1n) is 7.51. The van der Waals surface area contributed by atoms with Gasteiger partial charge in [-0.15, -0.1) is 0 Å². The normalized spacial score (nSPS) is 11.8.